The first-order valence-electron chi connectivity index (χ1n) is 4.69. The van der Waals surface area contributed by atoms with Crippen molar-refractivity contribution in [3.05, 3.63) is 34.1 Å². The van der Waals surface area contributed by atoms with Crippen molar-refractivity contribution in [1.82, 2.24) is 0 Å². The van der Waals surface area contributed by atoms with Gasteiger partial charge in [0.15, 0.2) is 0 Å². The van der Waals surface area contributed by atoms with Gasteiger partial charge in [0, 0.05) is 11.5 Å². The molecule has 0 aliphatic heterocycles. The van der Waals surface area contributed by atoms with E-state index in [0.717, 1.165) is 0 Å². The van der Waals surface area contributed by atoms with E-state index in [1.807, 2.05) is 0 Å². The first-order valence-corrected chi connectivity index (χ1v) is 5.06. The van der Waals surface area contributed by atoms with E-state index in [1.165, 1.54) is 12.1 Å². The molecular weight excluding hydrogens is 231 g/mol. The fraction of sp³-hybridized carbons (Fsp3) is 0.250. The number of hydrogen-bond acceptors (Lipinski definition) is 2. The molecule has 0 unspecified atom stereocenters. The highest BCUT2D eigenvalue weighted by Gasteiger charge is 2.03. The molecule has 0 fully saturated rings. The van der Waals surface area contributed by atoms with Crippen LogP contribution in [0.3, 0.4) is 0 Å². The van der Waals surface area contributed by atoms with Crippen molar-refractivity contribution in [2.75, 3.05) is 6.61 Å². The van der Waals surface area contributed by atoms with Crippen molar-refractivity contribution >= 4 is 17.6 Å². The summed E-state index contributed by atoms with van der Waals surface area (Å²) < 4.78 is 17.8. The SMILES string of the molecule is CCOC(=O)C#Cc1cc(F)c(C)cc1Cl. The number of benzene rings is 1. The zero-order valence-electron chi connectivity index (χ0n) is 8.93. The van der Waals surface area contributed by atoms with E-state index < -0.39 is 11.8 Å². The Labute approximate surface area is 98.4 Å². The van der Waals surface area contributed by atoms with Gasteiger partial charge in [0.1, 0.15) is 5.82 Å². The monoisotopic (exact) mass is 240 g/mol. The number of carbonyl (C=O) groups excluding carboxylic acids is 1. The molecule has 0 spiro atoms. The Morgan fingerprint density at radius 3 is 2.88 bits per heavy atom. The number of hydrogen-bond donors (Lipinski definition) is 0. The Morgan fingerprint density at radius 1 is 1.56 bits per heavy atom. The summed E-state index contributed by atoms with van der Waals surface area (Å²) >= 11 is 5.84. The molecule has 0 aliphatic rings. The second-order valence-electron chi connectivity index (χ2n) is 3.05. The molecule has 0 atom stereocenters. The Hall–Kier alpha value is -1.53. The van der Waals surface area contributed by atoms with E-state index >= 15 is 0 Å². The van der Waals surface area contributed by atoms with Gasteiger partial charge in [0.05, 0.1) is 11.6 Å². The van der Waals surface area contributed by atoms with Crippen molar-refractivity contribution in [3.63, 3.8) is 0 Å². The van der Waals surface area contributed by atoms with Crippen LogP contribution in [0.4, 0.5) is 4.39 Å². The fourth-order valence-corrected chi connectivity index (χ4v) is 1.29. The third kappa shape index (κ3) is 3.25. The summed E-state index contributed by atoms with van der Waals surface area (Å²) in [7, 11) is 0. The van der Waals surface area contributed by atoms with Crippen molar-refractivity contribution in [1.29, 1.82) is 0 Å². The van der Waals surface area contributed by atoms with E-state index in [-0.39, 0.29) is 12.2 Å². The average Bonchev–Trinajstić information content (AvgIpc) is 2.22. The number of aryl methyl sites for hydroxylation is 1. The molecule has 0 aliphatic carbocycles. The van der Waals surface area contributed by atoms with Crippen LogP contribution in [-0.4, -0.2) is 12.6 Å². The summed E-state index contributed by atoms with van der Waals surface area (Å²) in [6.07, 6.45) is 0. The summed E-state index contributed by atoms with van der Waals surface area (Å²) in [5.74, 6) is 3.64. The summed E-state index contributed by atoms with van der Waals surface area (Å²) in [6, 6.07) is 2.66. The van der Waals surface area contributed by atoms with Crippen molar-refractivity contribution in [2.24, 2.45) is 0 Å². The number of rotatable bonds is 1. The molecule has 0 saturated heterocycles. The highest BCUT2D eigenvalue weighted by Crippen LogP contribution is 2.19. The Morgan fingerprint density at radius 2 is 2.25 bits per heavy atom. The van der Waals surface area contributed by atoms with Crippen LogP contribution in [0.1, 0.15) is 18.1 Å². The van der Waals surface area contributed by atoms with Crippen molar-refractivity contribution in [3.8, 4) is 11.8 Å². The van der Waals surface area contributed by atoms with Gasteiger partial charge >= 0.3 is 5.97 Å². The molecule has 1 rings (SSSR count). The molecule has 16 heavy (non-hydrogen) atoms. The van der Waals surface area contributed by atoms with Crippen LogP contribution in [0.2, 0.25) is 5.02 Å². The topological polar surface area (TPSA) is 26.3 Å². The van der Waals surface area contributed by atoms with Crippen LogP contribution in [0.25, 0.3) is 0 Å². The van der Waals surface area contributed by atoms with Gasteiger partial charge in [-0.3, -0.25) is 0 Å². The Balaban J connectivity index is 2.97. The minimum atomic E-state index is -0.653. The van der Waals surface area contributed by atoms with Crippen LogP contribution in [-0.2, 0) is 9.53 Å². The normalized spacial score (nSPS) is 9.25. The molecule has 0 aromatic heterocycles. The van der Waals surface area contributed by atoms with Gasteiger partial charge in [0.2, 0.25) is 0 Å². The fourth-order valence-electron chi connectivity index (χ4n) is 1.03. The maximum Gasteiger partial charge on any atom is 0.384 e. The lowest BCUT2D eigenvalue weighted by atomic mass is 10.1. The van der Waals surface area contributed by atoms with E-state index in [9.17, 15) is 9.18 Å². The van der Waals surface area contributed by atoms with E-state index in [2.05, 4.69) is 16.6 Å². The lowest BCUT2D eigenvalue weighted by molar-refractivity contribution is -0.136. The number of carbonyl (C=O) groups is 1. The van der Waals surface area contributed by atoms with E-state index in [1.54, 1.807) is 13.8 Å². The van der Waals surface area contributed by atoms with Crippen LogP contribution in [0.5, 0.6) is 0 Å². The molecule has 0 amide bonds. The van der Waals surface area contributed by atoms with Crippen LogP contribution >= 0.6 is 11.6 Å². The smallest absolute Gasteiger partial charge is 0.384 e. The number of esters is 1. The summed E-state index contributed by atoms with van der Waals surface area (Å²) in [5, 5.41) is 0.315. The van der Waals surface area contributed by atoms with Gasteiger partial charge in [-0.25, -0.2) is 9.18 Å². The first-order chi connectivity index (χ1) is 7.54. The summed E-state index contributed by atoms with van der Waals surface area (Å²) in [4.78, 5) is 10.9. The molecule has 2 nitrogen and oxygen atoms in total. The molecule has 84 valence electrons. The maximum absolute atomic E-state index is 13.2. The minimum Gasteiger partial charge on any atom is -0.456 e. The molecule has 0 bridgehead atoms. The van der Waals surface area contributed by atoms with Gasteiger partial charge in [-0.05, 0) is 31.5 Å². The minimum absolute atomic E-state index is 0.253. The highest BCUT2D eigenvalue weighted by molar-refractivity contribution is 6.31. The highest BCUT2D eigenvalue weighted by atomic mass is 35.5. The van der Waals surface area contributed by atoms with Gasteiger partial charge in [-0.1, -0.05) is 17.5 Å². The molecule has 0 saturated carbocycles. The first kappa shape index (κ1) is 12.5. The lowest BCUT2D eigenvalue weighted by Crippen LogP contribution is -1.99. The van der Waals surface area contributed by atoms with Gasteiger partial charge in [-0.15, -0.1) is 0 Å². The quantitative estimate of drug-likeness (QED) is 0.557. The van der Waals surface area contributed by atoms with Crippen LogP contribution in [0.15, 0.2) is 12.1 Å². The largest absolute Gasteiger partial charge is 0.456 e. The summed E-state index contributed by atoms with van der Waals surface area (Å²) in [5.41, 5.74) is 0.713. The molecule has 4 heteroatoms. The predicted molar refractivity (Wildman–Crippen MR) is 59.7 cm³/mol. The number of ether oxygens (including phenoxy) is 1. The standard InChI is InChI=1S/C12H10ClFO2/c1-3-16-12(15)5-4-9-7-11(14)8(2)6-10(9)13/h6-7H,3H2,1-2H3. The van der Waals surface area contributed by atoms with Crippen molar-refractivity contribution < 1.29 is 13.9 Å². The number of halogens is 2. The maximum atomic E-state index is 13.2. The molecule has 1 aromatic carbocycles. The van der Waals surface area contributed by atoms with E-state index in [4.69, 9.17) is 11.6 Å². The lowest BCUT2D eigenvalue weighted by Gasteiger charge is -1.99. The van der Waals surface area contributed by atoms with Crippen molar-refractivity contribution in [2.45, 2.75) is 13.8 Å². The Kier molecular flexibility index (Phi) is 4.33. The second-order valence-corrected chi connectivity index (χ2v) is 3.46. The van der Waals surface area contributed by atoms with E-state index in [0.29, 0.717) is 10.6 Å². The molecule has 0 N–H and O–H groups in total. The predicted octanol–water partition coefficient (Wildman–Crippen LogP) is 2.70. The Bertz CT molecular complexity index is 472. The zero-order valence-corrected chi connectivity index (χ0v) is 9.69. The molecule has 0 radical (unpaired) electrons. The van der Waals surface area contributed by atoms with Gasteiger partial charge in [0.25, 0.3) is 0 Å². The third-order valence-corrected chi connectivity index (χ3v) is 2.14. The summed E-state index contributed by atoms with van der Waals surface area (Å²) in [6.45, 7) is 3.53. The molecular formula is C12H10ClFO2. The molecule has 1 aromatic rings. The molecule has 0 heterocycles. The van der Waals surface area contributed by atoms with Gasteiger partial charge < -0.3 is 4.74 Å². The van der Waals surface area contributed by atoms with Crippen LogP contribution < -0.4 is 0 Å². The zero-order chi connectivity index (χ0) is 12.1. The second kappa shape index (κ2) is 5.53. The van der Waals surface area contributed by atoms with Gasteiger partial charge in [-0.2, -0.15) is 0 Å². The third-order valence-electron chi connectivity index (χ3n) is 1.82. The average molecular weight is 241 g/mol. The van der Waals surface area contributed by atoms with Crippen LogP contribution in [0, 0.1) is 24.6 Å².